The van der Waals surface area contributed by atoms with E-state index in [0.717, 1.165) is 12.1 Å². The molecule has 126 valence electrons. The van der Waals surface area contributed by atoms with Crippen molar-refractivity contribution in [1.82, 2.24) is 15.1 Å². The summed E-state index contributed by atoms with van der Waals surface area (Å²) in [6.45, 7) is 1.47. The van der Waals surface area contributed by atoms with Crippen LogP contribution < -0.4 is 10.1 Å². The molecule has 1 aromatic heterocycles. The van der Waals surface area contributed by atoms with Crippen molar-refractivity contribution >= 4 is 0 Å². The Hall–Kier alpha value is -2.06. The summed E-state index contributed by atoms with van der Waals surface area (Å²) in [5.41, 5.74) is -0.776. The molecule has 5 nitrogen and oxygen atoms in total. The van der Waals surface area contributed by atoms with Crippen LogP contribution in [0.3, 0.4) is 0 Å². The molecule has 2 N–H and O–H groups in total. The Balaban J connectivity index is 1.68. The number of aliphatic hydroxyl groups is 1. The number of benzene rings is 1. The van der Waals surface area contributed by atoms with Crippen molar-refractivity contribution in [1.29, 1.82) is 0 Å². The Kier molecular flexibility index (Phi) is 6.00. The molecule has 0 aliphatic rings. The van der Waals surface area contributed by atoms with Gasteiger partial charge in [0.25, 0.3) is 0 Å². The smallest absolute Gasteiger partial charge is 0.416 e. The monoisotopic (exact) mass is 329 g/mol. The van der Waals surface area contributed by atoms with Crippen LogP contribution in [0.4, 0.5) is 13.2 Å². The Morgan fingerprint density at radius 1 is 1.30 bits per heavy atom. The molecular formula is C15H18F3N3O2. The van der Waals surface area contributed by atoms with Gasteiger partial charge in [-0.1, -0.05) is 6.07 Å². The molecule has 0 saturated heterocycles. The molecule has 0 bridgehead atoms. The second kappa shape index (κ2) is 7.98. The van der Waals surface area contributed by atoms with Gasteiger partial charge in [-0.05, 0) is 24.3 Å². The molecule has 1 aromatic carbocycles. The SMILES string of the molecule is O[C@@H](CNCCn1cccn1)COc1cccc(C(F)(F)F)c1. The topological polar surface area (TPSA) is 59.3 Å². The van der Waals surface area contributed by atoms with E-state index in [-0.39, 0.29) is 18.9 Å². The highest BCUT2D eigenvalue weighted by atomic mass is 19.4. The van der Waals surface area contributed by atoms with Crippen LogP contribution in [0.1, 0.15) is 5.56 Å². The standard InChI is InChI=1S/C15H18F3N3O2/c16-15(17,18)12-3-1-4-14(9-12)23-11-13(22)10-19-6-8-21-7-2-5-20-21/h1-5,7,9,13,19,22H,6,8,10-11H2/t13-/m0/s1. The van der Waals surface area contributed by atoms with Crippen LogP contribution >= 0.6 is 0 Å². The molecule has 0 saturated carbocycles. The number of nitrogens with zero attached hydrogens (tertiary/aromatic N) is 2. The third-order valence-corrected chi connectivity index (χ3v) is 3.06. The molecule has 2 aromatic rings. The van der Waals surface area contributed by atoms with Gasteiger partial charge in [0.15, 0.2) is 0 Å². The molecule has 23 heavy (non-hydrogen) atoms. The fraction of sp³-hybridized carbons (Fsp3) is 0.400. The van der Waals surface area contributed by atoms with E-state index in [1.165, 1.54) is 12.1 Å². The van der Waals surface area contributed by atoms with E-state index in [4.69, 9.17) is 4.74 Å². The van der Waals surface area contributed by atoms with Crippen LogP contribution in [-0.2, 0) is 12.7 Å². The summed E-state index contributed by atoms with van der Waals surface area (Å²) < 4.78 is 44.6. The number of aromatic nitrogens is 2. The van der Waals surface area contributed by atoms with Gasteiger partial charge in [0.1, 0.15) is 18.5 Å². The maximum Gasteiger partial charge on any atom is 0.416 e. The number of halogens is 3. The van der Waals surface area contributed by atoms with E-state index < -0.39 is 17.8 Å². The van der Waals surface area contributed by atoms with Gasteiger partial charge in [0.2, 0.25) is 0 Å². The molecule has 0 spiro atoms. The summed E-state index contributed by atoms with van der Waals surface area (Å²) >= 11 is 0. The van der Waals surface area contributed by atoms with Crippen molar-refractivity contribution in [3.8, 4) is 5.75 Å². The van der Waals surface area contributed by atoms with Crippen LogP contribution in [0, 0.1) is 0 Å². The van der Waals surface area contributed by atoms with Gasteiger partial charge >= 0.3 is 6.18 Å². The van der Waals surface area contributed by atoms with Crippen LogP contribution in [-0.4, -0.2) is 40.7 Å². The first-order chi connectivity index (χ1) is 10.9. The third kappa shape index (κ3) is 5.91. The van der Waals surface area contributed by atoms with Gasteiger partial charge in [-0.3, -0.25) is 4.68 Å². The van der Waals surface area contributed by atoms with Crippen molar-refractivity contribution in [2.24, 2.45) is 0 Å². The maximum absolute atomic E-state index is 12.6. The first kappa shape index (κ1) is 17.3. The minimum absolute atomic E-state index is 0.0791. The predicted octanol–water partition coefficient (Wildman–Crippen LogP) is 1.93. The normalized spacial score (nSPS) is 13.0. The molecule has 0 amide bonds. The second-order valence-electron chi connectivity index (χ2n) is 4.96. The molecule has 2 rings (SSSR count). The lowest BCUT2D eigenvalue weighted by Crippen LogP contribution is -2.33. The summed E-state index contributed by atoms with van der Waals surface area (Å²) in [4.78, 5) is 0. The number of rotatable bonds is 8. The van der Waals surface area contributed by atoms with Gasteiger partial charge in [-0.25, -0.2) is 0 Å². The maximum atomic E-state index is 12.6. The van der Waals surface area contributed by atoms with Gasteiger partial charge in [0, 0.05) is 25.5 Å². The highest BCUT2D eigenvalue weighted by molar-refractivity contribution is 5.30. The molecule has 0 unspecified atom stereocenters. The molecule has 0 aliphatic heterocycles. The zero-order chi connectivity index (χ0) is 16.7. The molecular weight excluding hydrogens is 311 g/mol. The number of aliphatic hydroxyl groups excluding tert-OH is 1. The minimum Gasteiger partial charge on any atom is -0.491 e. The molecule has 0 fully saturated rings. The molecule has 0 aliphatic carbocycles. The first-order valence-electron chi connectivity index (χ1n) is 7.11. The van der Waals surface area contributed by atoms with Gasteiger partial charge < -0.3 is 15.2 Å². The fourth-order valence-corrected chi connectivity index (χ4v) is 1.91. The lowest BCUT2D eigenvalue weighted by molar-refractivity contribution is -0.137. The summed E-state index contributed by atoms with van der Waals surface area (Å²) in [5.74, 6) is 0.0791. The van der Waals surface area contributed by atoms with E-state index in [9.17, 15) is 18.3 Å². The van der Waals surface area contributed by atoms with Crippen LogP contribution in [0.25, 0.3) is 0 Å². The third-order valence-electron chi connectivity index (χ3n) is 3.06. The molecule has 1 heterocycles. The Morgan fingerprint density at radius 3 is 2.83 bits per heavy atom. The summed E-state index contributed by atoms with van der Waals surface area (Å²) in [6, 6.07) is 6.40. The first-order valence-corrected chi connectivity index (χ1v) is 7.11. The zero-order valence-electron chi connectivity index (χ0n) is 12.3. The summed E-state index contributed by atoms with van der Waals surface area (Å²) in [6.07, 6.45) is -1.72. The Morgan fingerprint density at radius 2 is 2.13 bits per heavy atom. The highest BCUT2D eigenvalue weighted by Gasteiger charge is 2.30. The van der Waals surface area contributed by atoms with Crippen LogP contribution in [0.15, 0.2) is 42.7 Å². The van der Waals surface area contributed by atoms with Crippen molar-refractivity contribution in [2.45, 2.75) is 18.8 Å². The van der Waals surface area contributed by atoms with Gasteiger partial charge in [-0.2, -0.15) is 18.3 Å². The average molecular weight is 329 g/mol. The fourth-order valence-electron chi connectivity index (χ4n) is 1.91. The number of ether oxygens (including phenoxy) is 1. The summed E-state index contributed by atoms with van der Waals surface area (Å²) in [7, 11) is 0. The van der Waals surface area contributed by atoms with Gasteiger partial charge in [0.05, 0.1) is 12.1 Å². The van der Waals surface area contributed by atoms with E-state index in [1.54, 1.807) is 10.9 Å². The molecule has 0 radical (unpaired) electrons. The lowest BCUT2D eigenvalue weighted by atomic mass is 10.2. The van der Waals surface area contributed by atoms with E-state index >= 15 is 0 Å². The lowest BCUT2D eigenvalue weighted by Gasteiger charge is -2.14. The predicted molar refractivity (Wildman–Crippen MR) is 78.0 cm³/mol. The number of nitrogens with one attached hydrogen (secondary N) is 1. The molecule has 8 heteroatoms. The van der Waals surface area contributed by atoms with E-state index in [0.29, 0.717) is 13.1 Å². The Bertz CT molecular complexity index is 588. The average Bonchev–Trinajstić information content (AvgIpc) is 3.02. The van der Waals surface area contributed by atoms with Crippen LogP contribution in [0.5, 0.6) is 5.75 Å². The number of alkyl halides is 3. The molecule has 1 atom stereocenters. The van der Waals surface area contributed by atoms with E-state index in [2.05, 4.69) is 10.4 Å². The van der Waals surface area contributed by atoms with Crippen molar-refractivity contribution < 1.29 is 23.0 Å². The van der Waals surface area contributed by atoms with Crippen molar-refractivity contribution in [3.05, 3.63) is 48.3 Å². The quantitative estimate of drug-likeness (QED) is 0.727. The largest absolute Gasteiger partial charge is 0.491 e. The Labute approximate surface area is 131 Å². The highest BCUT2D eigenvalue weighted by Crippen LogP contribution is 2.31. The van der Waals surface area contributed by atoms with E-state index in [1.807, 2.05) is 12.3 Å². The summed E-state index contributed by atoms with van der Waals surface area (Å²) in [5, 5.41) is 16.8. The van der Waals surface area contributed by atoms with Gasteiger partial charge in [-0.15, -0.1) is 0 Å². The minimum atomic E-state index is -4.41. The zero-order valence-corrected chi connectivity index (χ0v) is 12.3. The second-order valence-corrected chi connectivity index (χ2v) is 4.96. The van der Waals surface area contributed by atoms with Crippen molar-refractivity contribution in [3.63, 3.8) is 0 Å². The number of hydrogen-bond donors (Lipinski definition) is 2. The van der Waals surface area contributed by atoms with Crippen molar-refractivity contribution in [2.75, 3.05) is 19.7 Å². The number of hydrogen-bond acceptors (Lipinski definition) is 4. The van der Waals surface area contributed by atoms with Crippen LogP contribution in [0.2, 0.25) is 0 Å².